The van der Waals surface area contributed by atoms with Gasteiger partial charge in [0.1, 0.15) is 5.82 Å². The van der Waals surface area contributed by atoms with Crippen LogP contribution < -0.4 is 16.2 Å². The molecule has 0 unspecified atom stereocenters. The van der Waals surface area contributed by atoms with E-state index in [0.29, 0.717) is 0 Å². The first-order valence-electron chi connectivity index (χ1n) is 3.22. The molecule has 4 N–H and O–H groups in total. The smallest absolute Gasteiger partial charge is 0.408 e. The summed E-state index contributed by atoms with van der Waals surface area (Å²) >= 11 is 5.41. The second kappa shape index (κ2) is 3.49. The number of hydrogen-bond donors (Lipinski definition) is 2. The summed E-state index contributed by atoms with van der Waals surface area (Å²) in [6.07, 6.45) is -1.03. The van der Waals surface area contributed by atoms with Crippen molar-refractivity contribution in [1.82, 2.24) is 0 Å². The Morgan fingerprint density at radius 3 is 2.69 bits per heavy atom. The van der Waals surface area contributed by atoms with Crippen molar-refractivity contribution in [2.75, 3.05) is 5.73 Å². The van der Waals surface area contributed by atoms with Crippen molar-refractivity contribution in [3.8, 4) is 5.75 Å². The maximum Gasteiger partial charge on any atom is 0.410 e. The predicted molar refractivity (Wildman–Crippen MR) is 46.0 cm³/mol. The largest absolute Gasteiger partial charge is 0.410 e. The van der Waals surface area contributed by atoms with Crippen LogP contribution in [0.2, 0.25) is 5.02 Å². The van der Waals surface area contributed by atoms with E-state index < -0.39 is 11.9 Å². The van der Waals surface area contributed by atoms with E-state index in [4.69, 9.17) is 23.1 Å². The van der Waals surface area contributed by atoms with Gasteiger partial charge in [0, 0.05) is 12.1 Å². The molecule has 0 atom stereocenters. The van der Waals surface area contributed by atoms with Crippen molar-refractivity contribution in [3.05, 3.63) is 23.0 Å². The van der Waals surface area contributed by atoms with Gasteiger partial charge in [-0.25, -0.2) is 9.18 Å². The van der Waals surface area contributed by atoms with Crippen LogP contribution in [0.25, 0.3) is 0 Å². The van der Waals surface area contributed by atoms with Crippen molar-refractivity contribution in [1.29, 1.82) is 0 Å². The molecule has 0 aromatic heterocycles. The van der Waals surface area contributed by atoms with Gasteiger partial charge in [0.15, 0.2) is 5.75 Å². The molecule has 0 spiro atoms. The second-order valence-corrected chi connectivity index (χ2v) is 2.63. The molecule has 0 bridgehead atoms. The third kappa shape index (κ3) is 2.22. The number of benzene rings is 1. The fourth-order valence-electron chi connectivity index (χ4n) is 0.741. The van der Waals surface area contributed by atoms with Gasteiger partial charge in [0.2, 0.25) is 0 Å². The highest BCUT2D eigenvalue weighted by atomic mass is 35.5. The van der Waals surface area contributed by atoms with Crippen LogP contribution in [-0.4, -0.2) is 6.09 Å². The van der Waals surface area contributed by atoms with Gasteiger partial charge in [0.25, 0.3) is 0 Å². The van der Waals surface area contributed by atoms with Crippen LogP contribution in [0.4, 0.5) is 14.9 Å². The van der Waals surface area contributed by atoms with Gasteiger partial charge >= 0.3 is 6.09 Å². The maximum absolute atomic E-state index is 12.7. The molecule has 0 aliphatic rings. The van der Waals surface area contributed by atoms with Crippen molar-refractivity contribution in [2.24, 2.45) is 5.73 Å². The molecule has 1 amide bonds. The SMILES string of the molecule is NC(=O)Oc1cc(Cl)c(F)cc1N. The van der Waals surface area contributed by atoms with E-state index in [2.05, 4.69) is 4.74 Å². The van der Waals surface area contributed by atoms with Gasteiger partial charge in [-0.1, -0.05) is 11.6 Å². The van der Waals surface area contributed by atoms with Crippen molar-refractivity contribution >= 4 is 23.4 Å². The Labute approximate surface area is 78.2 Å². The van der Waals surface area contributed by atoms with Crippen LogP contribution in [0, 0.1) is 5.82 Å². The highest BCUT2D eigenvalue weighted by Crippen LogP contribution is 2.28. The highest BCUT2D eigenvalue weighted by molar-refractivity contribution is 6.31. The molecule has 1 aromatic carbocycles. The van der Waals surface area contributed by atoms with Crippen LogP contribution in [0.1, 0.15) is 0 Å². The third-order valence-electron chi connectivity index (χ3n) is 1.26. The molecule has 0 radical (unpaired) electrons. The van der Waals surface area contributed by atoms with Crippen LogP contribution in [0.3, 0.4) is 0 Å². The van der Waals surface area contributed by atoms with Crippen LogP contribution in [0.5, 0.6) is 5.75 Å². The molecular formula is C7H6ClFN2O2. The summed E-state index contributed by atoms with van der Waals surface area (Å²) in [4.78, 5) is 10.3. The monoisotopic (exact) mass is 204 g/mol. The number of ether oxygens (including phenoxy) is 1. The van der Waals surface area contributed by atoms with Crippen LogP contribution in [-0.2, 0) is 0 Å². The summed E-state index contributed by atoms with van der Waals surface area (Å²) in [5.41, 5.74) is 9.99. The summed E-state index contributed by atoms with van der Waals surface area (Å²) in [7, 11) is 0. The fourth-order valence-corrected chi connectivity index (χ4v) is 0.894. The summed E-state index contributed by atoms with van der Waals surface area (Å²) in [5.74, 6) is -0.741. The lowest BCUT2D eigenvalue weighted by molar-refractivity contribution is 0.211. The lowest BCUT2D eigenvalue weighted by atomic mass is 10.3. The summed E-state index contributed by atoms with van der Waals surface area (Å²) in [5, 5.41) is -0.189. The van der Waals surface area contributed by atoms with Gasteiger partial charge < -0.3 is 16.2 Å². The van der Waals surface area contributed by atoms with E-state index in [9.17, 15) is 9.18 Å². The highest BCUT2D eigenvalue weighted by Gasteiger charge is 2.08. The molecule has 4 nitrogen and oxygen atoms in total. The zero-order valence-electron chi connectivity index (χ0n) is 6.38. The van der Waals surface area contributed by atoms with Gasteiger partial charge in [0.05, 0.1) is 10.7 Å². The minimum Gasteiger partial charge on any atom is -0.408 e. The first kappa shape index (κ1) is 9.60. The van der Waals surface area contributed by atoms with Gasteiger partial charge in [-0.3, -0.25) is 0 Å². The average Bonchev–Trinajstić information content (AvgIpc) is 1.99. The Kier molecular flexibility index (Phi) is 2.57. The number of primary amides is 1. The molecule has 0 saturated carbocycles. The summed E-state index contributed by atoms with van der Waals surface area (Å²) in [6, 6.07) is 2.03. The maximum atomic E-state index is 12.7. The van der Waals surface area contributed by atoms with Crippen molar-refractivity contribution in [3.63, 3.8) is 0 Å². The minimum atomic E-state index is -1.03. The van der Waals surface area contributed by atoms with E-state index in [1.54, 1.807) is 0 Å². The van der Waals surface area contributed by atoms with E-state index in [0.717, 1.165) is 12.1 Å². The summed E-state index contributed by atoms with van der Waals surface area (Å²) in [6.45, 7) is 0. The number of nitrogens with two attached hydrogens (primary N) is 2. The lowest BCUT2D eigenvalue weighted by Crippen LogP contribution is -2.17. The Morgan fingerprint density at radius 1 is 1.54 bits per heavy atom. The molecule has 0 heterocycles. The Bertz CT molecular complexity index is 357. The third-order valence-corrected chi connectivity index (χ3v) is 1.55. The minimum absolute atomic E-state index is 0.0410. The Balaban J connectivity index is 3.08. The number of anilines is 1. The zero-order valence-corrected chi connectivity index (χ0v) is 7.14. The number of halogens is 2. The second-order valence-electron chi connectivity index (χ2n) is 2.23. The first-order valence-corrected chi connectivity index (χ1v) is 3.60. The molecule has 0 aliphatic carbocycles. The molecule has 0 aliphatic heterocycles. The molecule has 1 aromatic rings. The van der Waals surface area contributed by atoms with E-state index in [1.807, 2.05) is 0 Å². The van der Waals surface area contributed by atoms with Crippen LogP contribution in [0.15, 0.2) is 12.1 Å². The molecule has 0 saturated heterocycles. The first-order chi connectivity index (χ1) is 6.00. The molecule has 6 heteroatoms. The van der Waals surface area contributed by atoms with Crippen molar-refractivity contribution < 1.29 is 13.9 Å². The number of nitrogen functional groups attached to an aromatic ring is 1. The Morgan fingerprint density at radius 2 is 2.15 bits per heavy atom. The lowest BCUT2D eigenvalue weighted by Gasteiger charge is -2.05. The number of hydrogen-bond acceptors (Lipinski definition) is 3. The molecule has 13 heavy (non-hydrogen) atoms. The van der Waals surface area contributed by atoms with Gasteiger partial charge in [-0.2, -0.15) is 0 Å². The number of carbonyl (C=O) groups is 1. The number of carbonyl (C=O) groups excluding carboxylic acids is 1. The number of amides is 1. The van der Waals surface area contributed by atoms with Gasteiger partial charge in [-0.15, -0.1) is 0 Å². The average molecular weight is 205 g/mol. The standard InChI is InChI=1S/C7H6ClFN2O2/c8-3-1-6(13-7(11)12)5(10)2-4(3)9/h1-2H,10H2,(H2,11,12). The predicted octanol–water partition coefficient (Wildman–Crippen LogP) is 1.52. The molecule has 1 rings (SSSR count). The Hall–Kier alpha value is -1.49. The van der Waals surface area contributed by atoms with Crippen LogP contribution >= 0.6 is 11.6 Å². The van der Waals surface area contributed by atoms with E-state index in [-0.39, 0.29) is 16.5 Å². The fraction of sp³-hybridized carbons (Fsp3) is 0. The zero-order chi connectivity index (χ0) is 10.0. The van der Waals surface area contributed by atoms with E-state index in [1.165, 1.54) is 0 Å². The van der Waals surface area contributed by atoms with Gasteiger partial charge in [-0.05, 0) is 0 Å². The van der Waals surface area contributed by atoms with Crippen molar-refractivity contribution in [2.45, 2.75) is 0 Å². The molecule has 0 fully saturated rings. The molecular weight excluding hydrogens is 199 g/mol. The molecule has 70 valence electrons. The van der Waals surface area contributed by atoms with E-state index >= 15 is 0 Å². The quantitative estimate of drug-likeness (QED) is 0.681. The normalized spacial score (nSPS) is 9.69. The topological polar surface area (TPSA) is 78.3 Å². The number of rotatable bonds is 1. The summed E-state index contributed by atoms with van der Waals surface area (Å²) < 4.78 is 17.2.